The molecule has 0 spiro atoms. The van der Waals surface area contributed by atoms with Gasteiger partial charge in [-0.2, -0.15) is 0 Å². The fourth-order valence-corrected chi connectivity index (χ4v) is 4.13. The highest BCUT2D eigenvalue weighted by atomic mass is 16.5. The van der Waals surface area contributed by atoms with Crippen molar-refractivity contribution in [2.75, 3.05) is 19.8 Å². The van der Waals surface area contributed by atoms with Gasteiger partial charge < -0.3 is 9.85 Å². The molecule has 0 aromatic heterocycles. The molecule has 1 aliphatic carbocycles. The lowest BCUT2D eigenvalue weighted by molar-refractivity contribution is -0.152. The van der Waals surface area contributed by atoms with E-state index in [1.54, 1.807) is 0 Å². The Balaban J connectivity index is 2.20. The zero-order valence-electron chi connectivity index (χ0n) is 10.6. The van der Waals surface area contributed by atoms with Crippen molar-refractivity contribution < 1.29 is 9.85 Å². The minimum absolute atomic E-state index is 0.160. The minimum atomic E-state index is 0.160. The van der Waals surface area contributed by atoms with Gasteiger partial charge in [0.15, 0.2) is 0 Å². The zero-order chi connectivity index (χ0) is 11.2. The number of aliphatic hydroxyl groups is 1. The Morgan fingerprint density at radius 1 is 1.14 bits per heavy atom. The Morgan fingerprint density at radius 2 is 1.71 bits per heavy atom. The Labute approximate surface area is 88.1 Å². The van der Waals surface area contributed by atoms with Crippen molar-refractivity contribution in [3.8, 4) is 0 Å². The van der Waals surface area contributed by atoms with Crippen LogP contribution in [0.2, 0.25) is 0 Å². The fourth-order valence-electron chi connectivity index (χ4n) is 4.13. The molecular weight excluding hydrogens is 176 g/mol. The van der Waals surface area contributed by atoms with Crippen LogP contribution in [0.1, 0.15) is 40.0 Å². The number of hydrogen-bond acceptors (Lipinski definition) is 2. The van der Waals surface area contributed by atoms with E-state index in [1.807, 2.05) is 0 Å². The highest BCUT2D eigenvalue weighted by Crippen LogP contribution is 2.56. The van der Waals surface area contributed by atoms with Crippen molar-refractivity contribution in [3.05, 3.63) is 0 Å². The molecule has 1 saturated heterocycles. The van der Waals surface area contributed by atoms with Gasteiger partial charge in [0.25, 0.3) is 0 Å². The number of rotatable bonds is 2. The summed E-state index contributed by atoms with van der Waals surface area (Å²) in [7, 11) is 0. The summed E-state index contributed by atoms with van der Waals surface area (Å²) >= 11 is 0. The summed E-state index contributed by atoms with van der Waals surface area (Å²) < 4.78 is 12.7. The van der Waals surface area contributed by atoms with Gasteiger partial charge in [0.05, 0.1) is 13.2 Å². The van der Waals surface area contributed by atoms with Crippen LogP contribution in [0, 0.1) is 16.2 Å². The second-order valence-electron chi connectivity index (χ2n) is 6.60. The minimum Gasteiger partial charge on any atom is -0.396 e. The van der Waals surface area contributed by atoms with Gasteiger partial charge >= 0.3 is 0 Å². The quantitative estimate of drug-likeness (QED) is 0.739. The van der Waals surface area contributed by atoms with Crippen LogP contribution in [-0.2, 0) is 4.74 Å². The van der Waals surface area contributed by atoms with E-state index in [4.69, 9.17) is 6.17 Å². The normalized spacial score (nSPS) is 54.1. The molecule has 0 aromatic carbocycles. The van der Waals surface area contributed by atoms with E-state index < -0.39 is 0 Å². The first-order chi connectivity index (χ1) is 6.89. The van der Waals surface area contributed by atoms with Crippen LogP contribution in [-0.4, -0.2) is 26.4 Å². The molecule has 0 amide bonds. The van der Waals surface area contributed by atoms with Crippen molar-refractivity contribution in [2.24, 2.45) is 16.2 Å². The maximum absolute atomic E-state index is 6.97. The molecule has 2 fully saturated rings. The molecule has 1 unspecified atom stereocenters. The molecule has 82 valence electrons. The SMILES string of the molecule is [2H]OCC1(C)C[C@]2(C)COC[C@](C)(C1)C2. The van der Waals surface area contributed by atoms with Crippen molar-refractivity contribution >= 4 is 0 Å². The predicted octanol–water partition coefficient (Wildman–Crippen LogP) is 2.21. The summed E-state index contributed by atoms with van der Waals surface area (Å²) in [5.41, 5.74) is 0.740. The van der Waals surface area contributed by atoms with Crippen LogP contribution in [0.25, 0.3) is 0 Å². The first kappa shape index (κ1) is 9.17. The van der Waals surface area contributed by atoms with Crippen LogP contribution in [0.5, 0.6) is 0 Å². The van der Waals surface area contributed by atoms with Crippen molar-refractivity contribution in [1.82, 2.24) is 0 Å². The lowest BCUT2D eigenvalue weighted by Gasteiger charge is -2.55. The molecule has 1 N–H and O–H groups in total. The van der Waals surface area contributed by atoms with Gasteiger partial charge in [-0.25, -0.2) is 0 Å². The highest BCUT2D eigenvalue weighted by molar-refractivity contribution is 5.00. The van der Waals surface area contributed by atoms with Crippen LogP contribution in [0.15, 0.2) is 0 Å². The molecule has 3 atom stereocenters. The van der Waals surface area contributed by atoms with E-state index in [1.165, 1.54) is 6.42 Å². The molecule has 2 rings (SSSR count). The Morgan fingerprint density at radius 3 is 2.21 bits per heavy atom. The monoisotopic (exact) mass is 199 g/mol. The Hall–Kier alpha value is -0.0800. The lowest BCUT2D eigenvalue weighted by Crippen LogP contribution is -2.51. The molecule has 1 saturated carbocycles. The van der Waals surface area contributed by atoms with E-state index in [2.05, 4.69) is 25.9 Å². The van der Waals surface area contributed by atoms with E-state index in [-0.39, 0.29) is 5.41 Å². The molecule has 0 aromatic rings. The average Bonchev–Trinajstić information content (AvgIpc) is 1.97. The number of aliphatic hydroxyl groups excluding tert-OH is 1. The van der Waals surface area contributed by atoms with Crippen molar-refractivity contribution in [3.63, 3.8) is 0 Å². The van der Waals surface area contributed by atoms with Crippen LogP contribution < -0.4 is 0 Å². The maximum Gasteiger partial charge on any atom is 0.210 e. The summed E-state index contributed by atoms with van der Waals surface area (Å²) in [6.07, 6.45) is 3.50. The first-order valence-electron chi connectivity index (χ1n) is 5.96. The van der Waals surface area contributed by atoms with Gasteiger partial charge in [0, 0.05) is 6.61 Å². The van der Waals surface area contributed by atoms with Gasteiger partial charge in [-0.3, -0.25) is 0 Å². The summed E-state index contributed by atoms with van der Waals surface area (Å²) in [5.74, 6) is 0. The highest BCUT2D eigenvalue weighted by Gasteiger charge is 2.51. The molecule has 2 nitrogen and oxygen atoms in total. The summed E-state index contributed by atoms with van der Waals surface area (Å²) in [6, 6.07) is 0. The van der Waals surface area contributed by atoms with Gasteiger partial charge in [-0.15, -0.1) is 0 Å². The largest absolute Gasteiger partial charge is 0.396 e. The molecule has 1 aliphatic heterocycles. The Bertz CT molecular complexity index is 238. The van der Waals surface area contributed by atoms with E-state index in [9.17, 15) is 0 Å². The lowest BCUT2D eigenvalue weighted by atomic mass is 9.54. The summed E-state index contributed by atoms with van der Waals surface area (Å²) in [4.78, 5) is 0. The van der Waals surface area contributed by atoms with Gasteiger partial charge in [0.2, 0.25) is 1.43 Å². The molecular formula is C12H22O2. The van der Waals surface area contributed by atoms with E-state index in [0.717, 1.165) is 26.1 Å². The van der Waals surface area contributed by atoms with E-state index >= 15 is 0 Å². The van der Waals surface area contributed by atoms with Gasteiger partial charge in [0.1, 0.15) is 0 Å². The summed E-state index contributed by atoms with van der Waals surface area (Å²) in [6.45, 7) is 9.17. The van der Waals surface area contributed by atoms with Crippen LogP contribution >= 0.6 is 0 Å². The standard InChI is InChI=1S/C12H22O2/c1-10(7-13)4-11(2)6-12(3,5-10)9-14-8-11/h13H,4-9H2,1-3H3/t10?,11-,12+/i13D. The molecule has 2 heteroatoms. The third kappa shape index (κ3) is 1.70. The fraction of sp³-hybridized carbons (Fsp3) is 1.00. The number of ether oxygens (including phenoxy) is 1. The van der Waals surface area contributed by atoms with Crippen LogP contribution in [0.3, 0.4) is 0 Å². The van der Waals surface area contributed by atoms with Crippen LogP contribution in [0.4, 0.5) is 0 Å². The molecule has 1 heterocycles. The number of fused-ring (bicyclic) bond motifs is 2. The predicted molar refractivity (Wildman–Crippen MR) is 56.1 cm³/mol. The molecule has 2 aliphatic rings. The second kappa shape index (κ2) is 2.96. The average molecular weight is 199 g/mol. The van der Waals surface area contributed by atoms with Crippen molar-refractivity contribution in [1.29, 1.82) is 1.43 Å². The molecule has 2 bridgehead atoms. The molecule has 14 heavy (non-hydrogen) atoms. The summed E-state index contributed by atoms with van der Waals surface area (Å²) in [5, 5.41) is 4.65. The topological polar surface area (TPSA) is 29.5 Å². The van der Waals surface area contributed by atoms with Crippen molar-refractivity contribution in [2.45, 2.75) is 40.0 Å². The smallest absolute Gasteiger partial charge is 0.210 e. The molecule has 0 radical (unpaired) electrons. The van der Waals surface area contributed by atoms with Gasteiger partial charge in [-0.1, -0.05) is 20.8 Å². The third-order valence-electron chi connectivity index (χ3n) is 3.81. The van der Waals surface area contributed by atoms with Gasteiger partial charge in [-0.05, 0) is 35.5 Å². The van der Waals surface area contributed by atoms with E-state index in [0.29, 0.717) is 17.4 Å². The Kier molecular flexibility index (Phi) is 1.94. The zero-order valence-corrected chi connectivity index (χ0v) is 9.56. The maximum atomic E-state index is 6.97. The third-order valence-corrected chi connectivity index (χ3v) is 3.81. The second-order valence-corrected chi connectivity index (χ2v) is 6.60. The first-order valence-corrected chi connectivity index (χ1v) is 5.55. The number of hydrogen-bond donors (Lipinski definition) is 1.